The highest BCUT2D eigenvalue weighted by atomic mass is 32.2. The summed E-state index contributed by atoms with van der Waals surface area (Å²) in [6.45, 7) is 2.62. The fraction of sp³-hybridized carbons (Fsp3) is 0.730. The van der Waals surface area contributed by atoms with Crippen molar-refractivity contribution in [1.82, 2.24) is 30.2 Å². The Balaban J connectivity index is 1.33. The highest BCUT2D eigenvalue weighted by molar-refractivity contribution is 8.13. The van der Waals surface area contributed by atoms with E-state index in [0.29, 0.717) is 12.2 Å². The minimum atomic E-state index is -5.57. The second-order valence-corrected chi connectivity index (χ2v) is 21.3. The van der Waals surface area contributed by atoms with Crippen LogP contribution in [-0.4, -0.2) is 123 Å². The number of ether oxygens (including phenoxy) is 1. The maximum absolute atomic E-state index is 12.7. The van der Waals surface area contributed by atoms with E-state index in [1.54, 1.807) is 0 Å². The van der Waals surface area contributed by atoms with Crippen LogP contribution in [0.4, 0.5) is 5.82 Å². The van der Waals surface area contributed by atoms with Gasteiger partial charge in [-0.25, -0.2) is 28.6 Å². The Bertz CT molecular complexity index is 2010. The lowest BCUT2D eigenvalue weighted by atomic mass is 9.87. The van der Waals surface area contributed by atoms with Gasteiger partial charge in [0.1, 0.15) is 36.3 Å². The maximum atomic E-state index is 12.7. The minimum absolute atomic E-state index is 0.0331. The summed E-state index contributed by atoms with van der Waals surface area (Å²) < 4.78 is 62.4. The molecule has 370 valence electrons. The molecule has 0 radical (unpaired) electrons. The van der Waals surface area contributed by atoms with E-state index in [0.717, 1.165) is 54.7 Å². The van der Waals surface area contributed by atoms with Crippen molar-refractivity contribution >= 4 is 69.1 Å². The zero-order valence-electron chi connectivity index (χ0n) is 36.7. The summed E-state index contributed by atoms with van der Waals surface area (Å²) in [5.41, 5.74) is 4.28. The molecule has 0 aromatic carbocycles. The van der Waals surface area contributed by atoms with Crippen molar-refractivity contribution in [3.05, 3.63) is 24.8 Å². The second-order valence-electron chi connectivity index (χ2n) is 15.9. The summed E-state index contributed by atoms with van der Waals surface area (Å²) in [4.78, 5) is 88.3. The number of amides is 2. The predicted molar refractivity (Wildman–Crippen MR) is 237 cm³/mol. The van der Waals surface area contributed by atoms with Gasteiger partial charge in [-0.1, -0.05) is 89.1 Å². The van der Waals surface area contributed by atoms with Gasteiger partial charge in [0, 0.05) is 37.1 Å². The first kappa shape index (κ1) is 56.6. The minimum Gasteiger partial charge on any atom is -0.386 e. The number of hydrogen-bond donors (Lipinski definition) is 9. The third-order valence-electron chi connectivity index (χ3n) is 10.0. The van der Waals surface area contributed by atoms with Crippen molar-refractivity contribution in [2.45, 2.75) is 135 Å². The molecular formula is C37H64N7O17P3S. The SMILES string of the molecule is C/C=C\CCCCCCCCCCCCC(=O)SCCNC(=O)CCNC(=O)[C@H](O)C(C)(C)COP(=O)(O)OP(=O)(O)OC[C@H]1O[C@@H](n2cnc3c(N)ncnc32)[C@H](O)[C@@H]1OP(=O)(O)O. The average molecular weight is 1000 g/mol. The number of thioether (sulfide) groups is 1. The number of anilines is 1. The first-order valence-corrected chi connectivity index (χ1v) is 26.7. The van der Waals surface area contributed by atoms with Crippen LogP contribution >= 0.6 is 35.2 Å². The van der Waals surface area contributed by atoms with Gasteiger partial charge in [0.2, 0.25) is 11.8 Å². The Labute approximate surface area is 381 Å². The summed E-state index contributed by atoms with van der Waals surface area (Å²) in [7, 11) is -16.4. The summed E-state index contributed by atoms with van der Waals surface area (Å²) >= 11 is 1.15. The molecule has 1 aliphatic rings. The lowest BCUT2D eigenvalue weighted by Crippen LogP contribution is -2.46. The molecule has 2 unspecified atom stereocenters. The molecule has 7 atom stereocenters. The topological polar surface area (TPSA) is 364 Å². The lowest BCUT2D eigenvalue weighted by Gasteiger charge is -2.30. The van der Waals surface area contributed by atoms with E-state index in [9.17, 15) is 57.9 Å². The van der Waals surface area contributed by atoms with Gasteiger partial charge in [-0.15, -0.1) is 0 Å². The van der Waals surface area contributed by atoms with Crippen LogP contribution in [0.15, 0.2) is 24.8 Å². The molecule has 10 N–H and O–H groups in total. The molecule has 28 heteroatoms. The van der Waals surface area contributed by atoms with Gasteiger partial charge in [0.25, 0.3) is 0 Å². The van der Waals surface area contributed by atoms with Crippen LogP contribution in [0.5, 0.6) is 0 Å². The number of phosphoric acid groups is 3. The highest BCUT2D eigenvalue weighted by Crippen LogP contribution is 2.61. The molecule has 3 rings (SSSR count). The van der Waals surface area contributed by atoms with Crippen molar-refractivity contribution in [3.63, 3.8) is 0 Å². The van der Waals surface area contributed by atoms with E-state index >= 15 is 0 Å². The number of nitrogen functional groups attached to an aromatic ring is 1. The van der Waals surface area contributed by atoms with Crippen LogP contribution in [-0.2, 0) is 50.7 Å². The first-order valence-electron chi connectivity index (χ1n) is 21.2. The number of allylic oxidation sites excluding steroid dienone is 2. The number of imidazole rings is 1. The van der Waals surface area contributed by atoms with Gasteiger partial charge in [-0.05, 0) is 26.2 Å². The van der Waals surface area contributed by atoms with Crippen LogP contribution < -0.4 is 16.4 Å². The van der Waals surface area contributed by atoms with Gasteiger partial charge in [-0.3, -0.25) is 32.5 Å². The van der Waals surface area contributed by atoms with E-state index in [4.69, 9.17) is 19.5 Å². The molecule has 3 heterocycles. The molecule has 0 bridgehead atoms. The summed E-state index contributed by atoms with van der Waals surface area (Å²) in [5.74, 6) is -1.03. The van der Waals surface area contributed by atoms with Crippen LogP contribution in [0.2, 0.25) is 0 Å². The molecular weight excluding hydrogens is 939 g/mol. The molecule has 1 saturated heterocycles. The summed E-state index contributed by atoms with van der Waals surface area (Å²) in [6.07, 6.45) is 10.8. The second kappa shape index (κ2) is 27.3. The molecule has 65 heavy (non-hydrogen) atoms. The van der Waals surface area contributed by atoms with E-state index in [1.807, 2.05) is 6.92 Å². The van der Waals surface area contributed by atoms with Crippen molar-refractivity contribution in [3.8, 4) is 0 Å². The van der Waals surface area contributed by atoms with E-state index < -0.39 is 84.6 Å². The van der Waals surface area contributed by atoms with Crippen molar-refractivity contribution in [1.29, 1.82) is 0 Å². The zero-order valence-corrected chi connectivity index (χ0v) is 40.2. The highest BCUT2D eigenvalue weighted by Gasteiger charge is 2.50. The quantitative estimate of drug-likeness (QED) is 0.0285. The number of hydrogen-bond acceptors (Lipinski definition) is 18. The monoisotopic (exact) mass is 1000 g/mol. The van der Waals surface area contributed by atoms with E-state index in [-0.39, 0.29) is 41.6 Å². The first-order chi connectivity index (χ1) is 30.6. The van der Waals surface area contributed by atoms with Crippen molar-refractivity contribution in [2.24, 2.45) is 5.41 Å². The number of rotatable bonds is 32. The predicted octanol–water partition coefficient (Wildman–Crippen LogP) is 3.92. The van der Waals surface area contributed by atoms with Gasteiger partial charge < -0.3 is 50.9 Å². The fourth-order valence-electron chi connectivity index (χ4n) is 6.48. The molecule has 0 saturated carbocycles. The van der Waals surface area contributed by atoms with Gasteiger partial charge >= 0.3 is 23.5 Å². The number of aliphatic hydroxyl groups is 2. The number of aliphatic hydroxyl groups excluding tert-OH is 2. The number of aromatic nitrogens is 4. The Kier molecular flexibility index (Phi) is 23.8. The smallest absolute Gasteiger partial charge is 0.386 e. The van der Waals surface area contributed by atoms with Gasteiger partial charge in [0.05, 0.1) is 19.5 Å². The maximum Gasteiger partial charge on any atom is 0.481 e. The number of unbranched alkanes of at least 4 members (excludes halogenated alkanes) is 10. The lowest BCUT2D eigenvalue weighted by molar-refractivity contribution is -0.137. The third-order valence-corrected chi connectivity index (χ3v) is 14.0. The van der Waals surface area contributed by atoms with Crippen molar-refractivity contribution in [2.75, 3.05) is 37.8 Å². The number of carbonyl (C=O) groups is 3. The molecule has 0 aliphatic carbocycles. The van der Waals surface area contributed by atoms with Gasteiger partial charge in [-0.2, -0.15) is 4.31 Å². The fourth-order valence-corrected chi connectivity index (χ4v) is 10.0. The number of nitrogens with one attached hydrogen (secondary N) is 2. The van der Waals surface area contributed by atoms with Crippen LogP contribution in [0, 0.1) is 5.41 Å². The number of nitrogens with zero attached hydrogens (tertiary/aromatic N) is 4. The van der Waals surface area contributed by atoms with E-state index in [2.05, 4.69) is 46.6 Å². The van der Waals surface area contributed by atoms with Crippen LogP contribution in [0.3, 0.4) is 0 Å². The third kappa shape index (κ3) is 20.6. The standard InChI is InChI=1S/C37H64N7O17P3S/c1-4-5-6-7-8-9-10-11-12-13-14-15-16-17-28(46)65-21-20-39-27(45)18-19-40-35(49)32(48)37(2,3)23-58-64(55,56)61-63(53,54)57-22-26-31(60-62(50,51)52)30(47)36(59-26)44-25-43-29-33(38)41-24-42-34(29)44/h4-5,24-26,30-32,36,47-48H,6-23H2,1-3H3,(H,39,45)(H,40,49)(H,53,54)(H,55,56)(H2,38,41,42)(H2,50,51,52)/b5-4-/t26-,30-,31-,32+,36-/m1/s1. The van der Waals surface area contributed by atoms with E-state index in [1.165, 1.54) is 58.8 Å². The summed E-state index contributed by atoms with van der Waals surface area (Å²) in [6, 6.07) is 0. The molecule has 2 aromatic heterocycles. The largest absolute Gasteiger partial charge is 0.481 e. The van der Waals surface area contributed by atoms with Gasteiger partial charge in [0.15, 0.2) is 22.8 Å². The average Bonchev–Trinajstić information content (AvgIpc) is 3.79. The van der Waals surface area contributed by atoms with Crippen LogP contribution in [0.1, 0.15) is 110 Å². The molecule has 1 aliphatic heterocycles. The molecule has 2 amide bonds. The summed E-state index contributed by atoms with van der Waals surface area (Å²) in [5, 5.41) is 26.6. The van der Waals surface area contributed by atoms with Crippen LogP contribution in [0.25, 0.3) is 11.2 Å². The molecule has 1 fully saturated rings. The zero-order chi connectivity index (χ0) is 48.3. The normalized spacial score (nSPS) is 20.4. The Morgan fingerprint density at radius 2 is 1.55 bits per heavy atom. The number of fused-ring (bicyclic) bond motifs is 1. The number of carbonyl (C=O) groups excluding carboxylic acids is 3. The Hall–Kier alpha value is -2.70. The number of phosphoric ester groups is 3. The Morgan fingerprint density at radius 3 is 2.20 bits per heavy atom. The Morgan fingerprint density at radius 1 is 0.923 bits per heavy atom. The molecule has 2 aromatic rings. The number of nitrogens with two attached hydrogens (primary N) is 1. The molecule has 0 spiro atoms. The van der Waals surface area contributed by atoms with Crippen molar-refractivity contribution < 1.29 is 80.5 Å². The molecule has 24 nitrogen and oxygen atoms in total.